The predicted octanol–water partition coefficient (Wildman–Crippen LogP) is 4.94. The van der Waals surface area contributed by atoms with Gasteiger partial charge in [0.15, 0.2) is 0 Å². The highest BCUT2D eigenvalue weighted by molar-refractivity contribution is 6.08. The number of aromatic nitrogens is 2. The second-order valence-electron chi connectivity index (χ2n) is 6.58. The van der Waals surface area contributed by atoms with Crippen LogP contribution in [-0.2, 0) is 11.3 Å². The van der Waals surface area contributed by atoms with Gasteiger partial charge in [0.1, 0.15) is 5.69 Å². The Balaban J connectivity index is 1.74. The van der Waals surface area contributed by atoms with Crippen molar-refractivity contribution >= 4 is 11.6 Å². The molecule has 4 rings (SSSR count). The van der Waals surface area contributed by atoms with Gasteiger partial charge in [-0.1, -0.05) is 66.7 Å². The molecule has 0 bridgehead atoms. The summed E-state index contributed by atoms with van der Waals surface area (Å²) in [6.07, 6.45) is 1.77. The molecule has 0 saturated heterocycles. The van der Waals surface area contributed by atoms with Crippen molar-refractivity contribution in [3.05, 3.63) is 102 Å². The molecule has 0 fully saturated rings. The summed E-state index contributed by atoms with van der Waals surface area (Å²) in [5, 5.41) is 7.72. The van der Waals surface area contributed by atoms with Crippen LogP contribution in [0.25, 0.3) is 16.9 Å². The number of methoxy groups -OCH3 is 1. The van der Waals surface area contributed by atoms with Crippen LogP contribution in [-0.4, -0.2) is 22.8 Å². The van der Waals surface area contributed by atoms with Crippen LogP contribution in [0, 0.1) is 0 Å². The highest BCUT2D eigenvalue weighted by Gasteiger charge is 2.19. The van der Waals surface area contributed by atoms with E-state index >= 15 is 0 Å². The number of para-hydroxylation sites is 2. The van der Waals surface area contributed by atoms with Crippen molar-refractivity contribution in [3.8, 4) is 16.9 Å². The van der Waals surface area contributed by atoms with Gasteiger partial charge in [-0.05, 0) is 18.2 Å². The summed E-state index contributed by atoms with van der Waals surface area (Å²) in [4.78, 5) is 13.2. The van der Waals surface area contributed by atoms with Gasteiger partial charge in [0.05, 0.1) is 17.9 Å². The number of hydrogen-bond donors (Lipinski definition) is 1. The molecule has 0 unspecified atom stereocenters. The zero-order chi connectivity index (χ0) is 20.1. The zero-order valence-corrected chi connectivity index (χ0v) is 16.1. The standard InChI is InChI=1S/C24H21N3O2/c1-29-17-19-12-8-9-15-22(19)25-24(28)21-16-27(20-13-6-3-7-14-20)26-23(21)18-10-4-2-5-11-18/h2-16H,17H2,1H3,(H,25,28). The molecule has 144 valence electrons. The first-order chi connectivity index (χ1) is 14.3. The lowest BCUT2D eigenvalue weighted by Crippen LogP contribution is -2.14. The summed E-state index contributed by atoms with van der Waals surface area (Å²) in [7, 11) is 1.63. The largest absolute Gasteiger partial charge is 0.380 e. The summed E-state index contributed by atoms with van der Waals surface area (Å²) >= 11 is 0. The number of amides is 1. The molecule has 5 heteroatoms. The topological polar surface area (TPSA) is 56.1 Å². The summed E-state index contributed by atoms with van der Waals surface area (Å²) in [5.41, 5.74) is 4.57. The molecule has 1 amide bonds. The molecule has 1 N–H and O–H groups in total. The molecule has 1 aromatic heterocycles. The maximum Gasteiger partial charge on any atom is 0.259 e. The van der Waals surface area contributed by atoms with Gasteiger partial charge in [0.2, 0.25) is 0 Å². The minimum atomic E-state index is -0.213. The van der Waals surface area contributed by atoms with E-state index in [2.05, 4.69) is 5.32 Å². The number of carbonyl (C=O) groups excluding carboxylic acids is 1. The lowest BCUT2D eigenvalue weighted by atomic mass is 10.1. The molecule has 1 heterocycles. The number of benzene rings is 3. The minimum absolute atomic E-state index is 0.213. The van der Waals surface area contributed by atoms with Gasteiger partial charge in [0, 0.05) is 30.1 Å². The van der Waals surface area contributed by atoms with Crippen LogP contribution >= 0.6 is 0 Å². The first-order valence-electron chi connectivity index (χ1n) is 9.35. The lowest BCUT2D eigenvalue weighted by molar-refractivity contribution is 0.102. The minimum Gasteiger partial charge on any atom is -0.380 e. The average Bonchev–Trinajstić information content (AvgIpc) is 3.22. The second kappa shape index (κ2) is 8.54. The van der Waals surface area contributed by atoms with Crippen LogP contribution in [0.5, 0.6) is 0 Å². The van der Waals surface area contributed by atoms with Gasteiger partial charge in [0.25, 0.3) is 5.91 Å². The molecular formula is C24H21N3O2. The molecule has 4 aromatic rings. The van der Waals surface area contributed by atoms with Gasteiger partial charge < -0.3 is 10.1 Å². The molecular weight excluding hydrogens is 362 g/mol. The van der Waals surface area contributed by atoms with Crippen molar-refractivity contribution < 1.29 is 9.53 Å². The Morgan fingerprint density at radius 3 is 2.31 bits per heavy atom. The van der Waals surface area contributed by atoms with E-state index in [1.165, 1.54) is 0 Å². The van der Waals surface area contributed by atoms with Gasteiger partial charge in [-0.25, -0.2) is 4.68 Å². The Morgan fingerprint density at radius 1 is 0.931 bits per heavy atom. The number of anilines is 1. The van der Waals surface area contributed by atoms with Gasteiger partial charge >= 0.3 is 0 Å². The number of carbonyl (C=O) groups is 1. The first kappa shape index (κ1) is 18.7. The van der Waals surface area contributed by atoms with Crippen LogP contribution < -0.4 is 5.32 Å². The Bertz CT molecular complexity index is 1110. The van der Waals surface area contributed by atoms with E-state index in [1.807, 2.05) is 84.9 Å². The molecule has 29 heavy (non-hydrogen) atoms. The SMILES string of the molecule is COCc1ccccc1NC(=O)c1cn(-c2ccccc2)nc1-c1ccccc1. The third-order valence-electron chi connectivity index (χ3n) is 4.59. The van der Waals surface area contributed by atoms with Gasteiger partial charge in [-0.2, -0.15) is 5.10 Å². The average molecular weight is 383 g/mol. The monoisotopic (exact) mass is 383 g/mol. The smallest absolute Gasteiger partial charge is 0.259 e. The van der Waals surface area contributed by atoms with E-state index in [0.717, 1.165) is 22.5 Å². The Morgan fingerprint density at radius 2 is 1.59 bits per heavy atom. The summed E-state index contributed by atoms with van der Waals surface area (Å²) < 4.78 is 6.98. The third-order valence-corrected chi connectivity index (χ3v) is 4.59. The third kappa shape index (κ3) is 4.10. The molecule has 0 atom stereocenters. The fraction of sp³-hybridized carbons (Fsp3) is 0.0833. The maximum absolute atomic E-state index is 13.2. The van der Waals surface area contributed by atoms with Gasteiger partial charge in [-0.3, -0.25) is 4.79 Å². The molecule has 3 aromatic carbocycles. The molecule has 0 aliphatic heterocycles. The maximum atomic E-state index is 13.2. The van der Waals surface area contributed by atoms with Crippen molar-refractivity contribution in [1.82, 2.24) is 9.78 Å². The normalized spacial score (nSPS) is 10.7. The van der Waals surface area contributed by atoms with E-state index in [9.17, 15) is 4.79 Å². The molecule has 5 nitrogen and oxygen atoms in total. The van der Waals surface area contributed by atoms with E-state index in [-0.39, 0.29) is 5.91 Å². The number of ether oxygens (including phenoxy) is 1. The zero-order valence-electron chi connectivity index (χ0n) is 16.1. The van der Waals surface area contributed by atoms with Crippen molar-refractivity contribution in [2.24, 2.45) is 0 Å². The van der Waals surface area contributed by atoms with Crippen molar-refractivity contribution in [2.75, 3.05) is 12.4 Å². The van der Waals surface area contributed by atoms with E-state index in [4.69, 9.17) is 9.84 Å². The highest BCUT2D eigenvalue weighted by atomic mass is 16.5. The number of nitrogens with zero attached hydrogens (tertiary/aromatic N) is 2. The van der Waals surface area contributed by atoms with Crippen molar-refractivity contribution in [2.45, 2.75) is 6.61 Å². The molecule has 0 saturated carbocycles. The number of nitrogens with one attached hydrogen (secondary N) is 1. The number of rotatable bonds is 6. The van der Waals surface area contributed by atoms with E-state index in [0.29, 0.717) is 17.9 Å². The lowest BCUT2D eigenvalue weighted by Gasteiger charge is -2.10. The van der Waals surface area contributed by atoms with Crippen molar-refractivity contribution in [1.29, 1.82) is 0 Å². The van der Waals surface area contributed by atoms with Crippen LogP contribution in [0.2, 0.25) is 0 Å². The highest BCUT2D eigenvalue weighted by Crippen LogP contribution is 2.25. The summed E-state index contributed by atoms with van der Waals surface area (Å²) in [5.74, 6) is -0.213. The summed E-state index contributed by atoms with van der Waals surface area (Å²) in [6, 6.07) is 27.1. The molecule has 0 aliphatic carbocycles. The van der Waals surface area contributed by atoms with Crippen LogP contribution in [0.4, 0.5) is 5.69 Å². The van der Waals surface area contributed by atoms with E-state index in [1.54, 1.807) is 18.0 Å². The van der Waals surface area contributed by atoms with E-state index < -0.39 is 0 Å². The Labute approximate surface area is 169 Å². The molecule has 0 spiro atoms. The predicted molar refractivity (Wildman–Crippen MR) is 114 cm³/mol. The van der Waals surface area contributed by atoms with Crippen LogP contribution in [0.1, 0.15) is 15.9 Å². The quantitative estimate of drug-likeness (QED) is 0.513. The van der Waals surface area contributed by atoms with Crippen molar-refractivity contribution in [3.63, 3.8) is 0 Å². The summed E-state index contributed by atoms with van der Waals surface area (Å²) in [6.45, 7) is 0.422. The molecule has 0 aliphatic rings. The van der Waals surface area contributed by atoms with Crippen LogP contribution in [0.15, 0.2) is 91.1 Å². The van der Waals surface area contributed by atoms with Crippen LogP contribution in [0.3, 0.4) is 0 Å². The Kier molecular flexibility index (Phi) is 5.49. The fourth-order valence-corrected chi connectivity index (χ4v) is 3.18. The number of hydrogen-bond acceptors (Lipinski definition) is 3. The molecule has 0 radical (unpaired) electrons. The fourth-order valence-electron chi connectivity index (χ4n) is 3.18. The first-order valence-corrected chi connectivity index (χ1v) is 9.35. The van der Waals surface area contributed by atoms with Gasteiger partial charge in [-0.15, -0.1) is 0 Å². The second-order valence-corrected chi connectivity index (χ2v) is 6.58. The Hall–Kier alpha value is -3.70.